The fraction of sp³-hybridized carbons (Fsp3) is 0.360. The Kier molecular flexibility index (Phi) is 6.92. The molecule has 1 saturated heterocycles. The molecule has 1 aliphatic carbocycles. The smallest absolute Gasteiger partial charge is 0.274 e. The van der Waals surface area contributed by atoms with Gasteiger partial charge >= 0.3 is 0 Å². The van der Waals surface area contributed by atoms with Crippen LogP contribution in [0.5, 0.6) is 0 Å². The summed E-state index contributed by atoms with van der Waals surface area (Å²) in [7, 11) is 0. The van der Waals surface area contributed by atoms with Gasteiger partial charge in [0.25, 0.3) is 11.8 Å². The lowest BCUT2D eigenvalue weighted by atomic mass is 9.85. The molecule has 4 rings (SSSR count). The van der Waals surface area contributed by atoms with Crippen molar-refractivity contribution < 1.29 is 23.6 Å². The van der Waals surface area contributed by atoms with Crippen LogP contribution in [-0.2, 0) is 14.4 Å². The number of rotatable bonds is 6. The van der Waals surface area contributed by atoms with Gasteiger partial charge in [0.15, 0.2) is 0 Å². The lowest BCUT2D eigenvalue weighted by molar-refractivity contribution is -0.148. The summed E-state index contributed by atoms with van der Waals surface area (Å²) in [5.74, 6) is -2.93. The molecular weight excluding hydrogens is 457 g/mol. The van der Waals surface area contributed by atoms with Gasteiger partial charge in [0, 0.05) is 4.88 Å². The number of carbonyl (C=O) groups is 4. The second-order valence-electron chi connectivity index (χ2n) is 8.96. The zero-order chi connectivity index (χ0) is 24.4. The molecule has 0 saturated carbocycles. The third kappa shape index (κ3) is 4.79. The normalized spacial score (nSPS) is 20.4. The molecule has 4 amide bonds. The van der Waals surface area contributed by atoms with Crippen LogP contribution >= 0.6 is 11.3 Å². The van der Waals surface area contributed by atoms with Gasteiger partial charge in [-0.25, -0.2) is 4.39 Å². The van der Waals surface area contributed by atoms with Crippen LogP contribution in [0, 0.1) is 23.6 Å². The molecule has 178 valence electrons. The van der Waals surface area contributed by atoms with E-state index in [9.17, 15) is 23.6 Å². The Hall–Kier alpha value is -3.33. The van der Waals surface area contributed by atoms with E-state index in [0.29, 0.717) is 24.1 Å². The summed E-state index contributed by atoms with van der Waals surface area (Å²) in [5, 5.41) is 0. The number of fused-ring (bicyclic) bond motifs is 1. The van der Waals surface area contributed by atoms with Crippen LogP contribution in [0.3, 0.4) is 0 Å². The van der Waals surface area contributed by atoms with Gasteiger partial charge in [-0.15, -0.1) is 11.3 Å². The maximum Gasteiger partial charge on any atom is 0.279 e. The Morgan fingerprint density at radius 2 is 1.62 bits per heavy atom. The maximum absolute atomic E-state index is 13.2. The number of likely N-dealkylation sites (tertiary alicyclic amines) is 1. The number of hydrogen-bond donors (Lipinski definition) is 2. The largest absolute Gasteiger partial charge is 0.279 e. The van der Waals surface area contributed by atoms with Gasteiger partial charge in [-0.3, -0.25) is 34.9 Å². The second-order valence-corrected chi connectivity index (χ2v) is 10.0. The highest BCUT2D eigenvalue weighted by Gasteiger charge is 2.51. The Morgan fingerprint density at radius 3 is 2.21 bits per heavy atom. The van der Waals surface area contributed by atoms with Crippen LogP contribution < -0.4 is 10.9 Å². The summed E-state index contributed by atoms with van der Waals surface area (Å²) >= 11 is 1.20. The summed E-state index contributed by atoms with van der Waals surface area (Å²) in [6.07, 6.45) is 5.07. The molecule has 7 nitrogen and oxygen atoms in total. The van der Waals surface area contributed by atoms with Crippen molar-refractivity contribution in [3.63, 3.8) is 0 Å². The Labute approximate surface area is 201 Å². The Balaban J connectivity index is 1.43. The second kappa shape index (κ2) is 9.89. The van der Waals surface area contributed by atoms with Crippen molar-refractivity contribution >= 4 is 35.0 Å². The molecule has 2 N–H and O–H groups in total. The molecule has 0 spiro atoms. The van der Waals surface area contributed by atoms with Crippen molar-refractivity contribution in [2.75, 3.05) is 0 Å². The third-order valence-corrected chi connectivity index (χ3v) is 7.24. The number of carbonyl (C=O) groups excluding carboxylic acids is 4. The van der Waals surface area contributed by atoms with E-state index in [1.165, 1.54) is 23.5 Å². The third-order valence-electron chi connectivity index (χ3n) is 6.11. The van der Waals surface area contributed by atoms with Crippen molar-refractivity contribution in [2.45, 2.75) is 39.2 Å². The number of thiophene rings is 1. The zero-order valence-electron chi connectivity index (χ0n) is 18.9. The number of nitrogens with zero attached hydrogens (tertiary/aromatic N) is 1. The van der Waals surface area contributed by atoms with Gasteiger partial charge in [-0.2, -0.15) is 0 Å². The highest BCUT2D eigenvalue weighted by Crippen LogP contribution is 2.37. The minimum atomic E-state index is -0.996. The van der Waals surface area contributed by atoms with E-state index in [1.807, 2.05) is 26.0 Å². The van der Waals surface area contributed by atoms with Crippen molar-refractivity contribution in [3.05, 3.63) is 59.2 Å². The van der Waals surface area contributed by atoms with Crippen LogP contribution in [0.15, 0.2) is 48.6 Å². The minimum absolute atomic E-state index is 0.0448. The van der Waals surface area contributed by atoms with Crippen LogP contribution in [0.25, 0.3) is 10.4 Å². The summed E-state index contributed by atoms with van der Waals surface area (Å²) < 4.78 is 13.2. The first-order valence-corrected chi connectivity index (χ1v) is 12.1. The van der Waals surface area contributed by atoms with Crippen molar-refractivity contribution in [1.82, 2.24) is 15.8 Å². The molecule has 2 aromatic rings. The maximum atomic E-state index is 13.2. The summed E-state index contributed by atoms with van der Waals surface area (Å²) in [5.41, 5.74) is 5.56. The Morgan fingerprint density at radius 1 is 1.00 bits per heavy atom. The highest BCUT2D eigenvalue weighted by molar-refractivity contribution is 7.17. The van der Waals surface area contributed by atoms with Crippen LogP contribution in [-0.4, -0.2) is 34.6 Å². The molecule has 3 unspecified atom stereocenters. The van der Waals surface area contributed by atoms with Crippen LogP contribution in [0.4, 0.5) is 4.39 Å². The van der Waals surface area contributed by atoms with E-state index >= 15 is 0 Å². The molecule has 2 aliphatic rings. The fourth-order valence-electron chi connectivity index (χ4n) is 4.40. The number of hydrogen-bond acceptors (Lipinski definition) is 5. The zero-order valence-corrected chi connectivity index (χ0v) is 19.7. The standard InChI is InChI=1S/C25H26FN3O4S/c1-14(2)13-19(29-24(32)17-5-3-4-6-18(17)25(29)33)22(30)27-28-23(31)21-12-11-20(34-21)15-7-9-16(26)10-8-15/h3-4,7-12,14,17-19H,5-6,13H2,1-2H3,(H,27,30)(H,28,31). The summed E-state index contributed by atoms with van der Waals surface area (Å²) in [6.45, 7) is 3.81. The van der Waals surface area contributed by atoms with Gasteiger partial charge in [-0.05, 0) is 55.0 Å². The van der Waals surface area contributed by atoms with E-state index in [0.717, 1.165) is 15.3 Å². The Bertz CT molecular complexity index is 1120. The van der Waals surface area contributed by atoms with Gasteiger partial charge in [0.05, 0.1) is 16.7 Å². The van der Waals surface area contributed by atoms with E-state index < -0.39 is 29.7 Å². The first-order chi connectivity index (χ1) is 16.3. The van der Waals surface area contributed by atoms with E-state index in [1.54, 1.807) is 24.3 Å². The number of amides is 4. The van der Waals surface area contributed by atoms with Crippen molar-refractivity contribution in [1.29, 1.82) is 0 Å². The predicted octanol–water partition coefficient (Wildman–Crippen LogP) is 3.68. The van der Waals surface area contributed by atoms with E-state index in [2.05, 4.69) is 10.9 Å². The number of allylic oxidation sites excluding steroid dienone is 2. The fourth-order valence-corrected chi connectivity index (χ4v) is 5.31. The average molecular weight is 484 g/mol. The van der Waals surface area contributed by atoms with E-state index in [-0.39, 0.29) is 23.5 Å². The average Bonchev–Trinajstić information content (AvgIpc) is 3.40. The number of hydrazine groups is 1. The SMILES string of the molecule is CC(C)CC(C(=O)NNC(=O)c1ccc(-c2ccc(F)cc2)s1)N1C(=O)C2CC=CCC2C1=O. The lowest BCUT2D eigenvalue weighted by Gasteiger charge is -2.27. The summed E-state index contributed by atoms with van der Waals surface area (Å²) in [6, 6.07) is 8.30. The molecule has 34 heavy (non-hydrogen) atoms. The number of nitrogens with one attached hydrogen (secondary N) is 2. The number of halogens is 1. The molecule has 2 heterocycles. The van der Waals surface area contributed by atoms with Crippen molar-refractivity contribution in [3.8, 4) is 10.4 Å². The molecule has 1 aliphatic heterocycles. The van der Waals surface area contributed by atoms with E-state index in [4.69, 9.17) is 0 Å². The first kappa shape index (κ1) is 23.8. The molecule has 1 fully saturated rings. The lowest BCUT2D eigenvalue weighted by Crippen LogP contribution is -2.54. The van der Waals surface area contributed by atoms with Crippen LogP contribution in [0.1, 0.15) is 42.8 Å². The highest BCUT2D eigenvalue weighted by atomic mass is 32.1. The molecule has 0 bridgehead atoms. The first-order valence-electron chi connectivity index (χ1n) is 11.2. The van der Waals surface area contributed by atoms with Gasteiger partial charge in [-0.1, -0.05) is 38.1 Å². The topological polar surface area (TPSA) is 95.6 Å². The monoisotopic (exact) mass is 483 g/mol. The van der Waals surface area contributed by atoms with Gasteiger partial charge < -0.3 is 0 Å². The molecule has 1 aromatic carbocycles. The molecule has 1 aromatic heterocycles. The predicted molar refractivity (Wildman–Crippen MR) is 126 cm³/mol. The summed E-state index contributed by atoms with van der Waals surface area (Å²) in [4.78, 5) is 53.8. The molecule has 9 heteroatoms. The quantitative estimate of drug-likeness (QED) is 0.372. The van der Waals surface area contributed by atoms with Crippen LogP contribution in [0.2, 0.25) is 0 Å². The van der Waals surface area contributed by atoms with Gasteiger partial charge in [0.2, 0.25) is 11.8 Å². The minimum Gasteiger partial charge on any atom is -0.274 e. The van der Waals surface area contributed by atoms with Gasteiger partial charge in [0.1, 0.15) is 11.9 Å². The number of imide groups is 1. The molecule has 0 radical (unpaired) electrons. The molecule has 3 atom stereocenters. The van der Waals surface area contributed by atoms with Crippen molar-refractivity contribution in [2.24, 2.45) is 17.8 Å². The molecular formula is C25H26FN3O4S. The number of benzene rings is 1.